The van der Waals surface area contributed by atoms with Crippen LogP contribution in [0.25, 0.3) is 32.9 Å². The first-order valence-electron chi connectivity index (χ1n) is 9.83. The molecule has 0 radical (unpaired) electrons. The third-order valence-electron chi connectivity index (χ3n) is 5.25. The smallest absolute Gasteiger partial charge is 0.411 e. The first-order chi connectivity index (χ1) is 15.9. The SMILES string of the molecule is O=C(O)Nc1nc2c(F)cc(-c3cc(Cc4n[nH]c(=O)c5ccccc45)ccc3F)cc2[nH]1. The van der Waals surface area contributed by atoms with E-state index in [4.69, 9.17) is 5.11 Å². The summed E-state index contributed by atoms with van der Waals surface area (Å²) >= 11 is 0. The molecule has 0 unspecified atom stereocenters. The number of nitrogens with one attached hydrogen (secondary N) is 3. The van der Waals surface area contributed by atoms with E-state index in [1.54, 1.807) is 36.4 Å². The minimum atomic E-state index is -1.35. The van der Waals surface area contributed by atoms with E-state index < -0.39 is 17.7 Å². The fraction of sp³-hybridized carbons (Fsp3) is 0.0435. The molecule has 2 heterocycles. The summed E-state index contributed by atoms with van der Waals surface area (Å²) in [4.78, 5) is 29.4. The molecule has 10 heteroatoms. The van der Waals surface area contributed by atoms with Crippen molar-refractivity contribution in [1.29, 1.82) is 0 Å². The Bertz CT molecular complexity index is 1610. The van der Waals surface area contributed by atoms with Crippen LogP contribution in [0.1, 0.15) is 11.3 Å². The second-order valence-corrected chi connectivity index (χ2v) is 7.41. The molecule has 0 spiro atoms. The molecule has 0 bridgehead atoms. The number of rotatable bonds is 4. The molecule has 0 aliphatic rings. The van der Waals surface area contributed by atoms with E-state index in [9.17, 15) is 18.4 Å². The summed E-state index contributed by atoms with van der Waals surface area (Å²) in [6, 6.07) is 14.2. The first-order valence-corrected chi connectivity index (χ1v) is 9.83. The van der Waals surface area contributed by atoms with Crippen LogP contribution in [0.15, 0.2) is 59.4 Å². The number of aromatic amines is 2. The fourth-order valence-corrected chi connectivity index (χ4v) is 3.79. The number of carboxylic acid groups (broad SMARTS) is 1. The maximum Gasteiger partial charge on any atom is 0.411 e. The quantitative estimate of drug-likeness (QED) is 0.325. The van der Waals surface area contributed by atoms with Crippen molar-refractivity contribution in [2.75, 3.05) is 5.32 Å². The molecule has 0 aliphatic heterocycles. The highest BCUT2D eigenvalue weighted by molar-refractivity contribution is 5.88. The molecule has 8 nitrogen and oxygen atoms in total. The molecule has 2 aromatic heterocycles. The van der Waals surface area contributed by atoms with Crippen LogP contribution in [0.4, 0.5) is 19.5 Å². The fourth-order valence-electron chi connectivity index (χ4n) is 3.79. The molecule has 4 N–H and O–H groups in total. The van der Waals surface area contributed by atoms with E-state index in [-0.39, 0.29) is 33.7 Å². The number of aromatic nitrogens is 4. The highest BCUT2D eigenvalue weighted by atomic mass is 19.1. The minimum Gasteiger partial charge on any atom is -0.465 e. The van der Waals surface area contributed by atoms with Crippen LogP contribution < -0.4 is 10.9 Å². The first kappa shape index (κ1) is 20.3. The predicted octanol–water partition coefficient (Wildman–Crippen LogP) is 4.43. The number of nitrogens with zero attached hydrogens (tertiary/aromatic N) is 2. The number of amides is 1. The van der Waals surface area contributed by atoms with E-state index in [1.165, 1.54) is 12.1 Å². The van der Waals surface area contributed by atoms with Crippen LogP contribution in [0, 0.1) is 11.6 Å². The van der Waals surface area contributed by atoms with Crippen molar-refractivity contribution in [2.24, 2.45) is 0 Å². The monoisotopic (exact) mass is 447 g/mol. The summed E-state index contributed by atoms with van der Waals surface area (Å²) in [6.45, 7) is 0. The van der Waals surface area contributed by atoms with Crippen molar-refractivity contribution in [2.45, 2.75) is 6.42 Å². The Morgan fingerprint density at radius 3 is 2.61 bits per heavy atom. The van der Waals surface area contributed by atoms with E-state index in [0.29, 0.717) is 28.5 Å². The highest BCUT2D eigenvalue weighted by Crippen LogP contribution is 2.30. The van der Waals surface area contributed by atoms with Gasteiger partial charge in [-0.25, -0.2) is 23.7 Å². The number of H-pyrrole nitrogens is 2. The third kappa shape index (κ3) is 3.78. The molecule has 0 atom stereocenters. The van der Waals surface area contributed by atoms with Crippen molar-refractivity contribution in [3.63, 3.8) is 0 Å². The van der Waals surface area contributed by atoms with Gasteiger partial charge in [0.05, 0.1) is 16.6 Å². The van der Waals surface area contributed by atoms with Gasteiger partial charge in [-0.15, -0.1) is 0 Å². The largest absolute Gasteiger partial charge is 0.465 e. The van der Waals surface area contributed by atoms with E-state index >= 15 is 0 Å². The Hall–Kier alpha value is -4.60. The maximum atomic E-state index is 14.7. The number of fused-ring (bicyclic) bond motifs is 2. The summed E-state index contributed by atoms with van der Waals surface area (Å²) in [5, 5.41) is 18.7. The molecular formula is C23H15F2N5O3. The maximum absolute atomic E-state index is 14.7. The Kier molecular flexibility index (Phi) is 4.82. The van der Waals surface area contributed by atoms with Crippen LogP contribution in [0.5, 0.6) is 0 Å². The molecule has 33 heavy (non-hydrogen) atoms. The Morgan fingerprint density at radius 1 is 1.03 bits per heavy atom. The average molecular weight is 447 g/mol. The normalized spacial score (nSPS) is 11.2. The number of carbonyl (C=O) groups is 1. The van der Waals surface area contributed by atoms with Crippen molar-refractivity contribution in [3.8, 4) is 11.1 Å². The van der Waals surface area contributed by atoms with Crippen molar-refractivity contribution >= 4 is 33.8 Å². The molecule has 0 fully saturated rings. The predicted molar refractivity (Wildman–Crippen MR) is 118 cm³/mol. The summed E-state index contributed by atoms with van der Waals surface area (Å²) in [5.41, 5.74) is 1.58. The van der Waals surface area contributed by atoms with Gasteiger partial charge in [0, 0.05) is 17.4 Å². The summed E-state index contributed by atoms with van der Waals surface area (Å²) < 4.78 is 29.4. The molecule has 0 saturated carbocycles. The second kappa shape index (κ2) is 7.83. The van der Waals surface area contributed by atoms with Gasteiger partial charge in [-0.1, -0.05) is 24.3 Å². The lowest BCUT2D eigenvalue weighted by atomic mass is 9.98. The number of imidazole rings is 1. The third-order valence-corrected chi connectivity index (χ3v) is 5.25. The van der Waals surface area contributed by atoms with Crippen LogP contribution in [0.2, 0.25) is 0 Å². The molecule has 3 aromatic carbocycles. The van der Waals surface area contributed by atoms with E-state index in [1.807, 2.05) is 5.32 Å². The molecule has 1 amide bonds. The van der Waals surface area contributed by atoms with E-state index in [0.717, 1.165) is 6.07 Å². The Balaban J connectivity index is 1.56. The van der Waals surface area contributed by atoms with Crippen molar-refractivity contribution in [3.05, 3.63) is 87.8 Å². The topological polar surface area (TPSA) is 124 Å². The lowest BCUT2D eigenvalue weighted by Gasteiger charge is -2.09. The van der Waals surface area contributed by atoms with E-state index in [2.05, 4.69) is 20.2 Å². The van der Waals surface area contributed by atoms with Crippen molar-refractivity contribution in [1.82, 2.24) is 20.2 Å². The standard InChI is InChI=1S/C23H15F2N5O3/c24-16-6-5-11(8-18-13-3-1-2-4-14(13)21(31)30-29-18)7-15(16)12-9-17(25)20-19(10-12)26-22(27-20)28-23(32)33/h1-7,9-10H,8H2,(H,30,31)(H,32,33)(H2,26,27,28). The zero-order chi connectivity index (χ0) is 23.1. The number of hydrogen-bond donors (Lipinski definition) is 4. The van der Waals surface area contributed by atoms with Crippen LogP contribution in [-0.2, 0) is 6.42 Å². The Morgan fingerprint density at radius 2 is 1.82 bits per heavy atom. The second-order valence-electron chi connectivity index (χ2n) is 7.41. The molecule has 164 valence electrons. The van der Waals surface area contributed by atoms with Crippen molar-refractivity contribution < 1.29 is 18.7 Å². The van der Waals surface area contributed by atoms with Gasteiger partial charge in [0.25, 0.3) is 5.56 Å². The van der Waals surface area contributed by atoms with Crippen LogP contribution in [-0.4, -0.2) is 31.4 Å². The van der Waals surface area contributed by atoms with Gasteiger partial charge in [-0.3, -0.25) is 10.1 Å². The lowest BCUT2D eigenvalue weighted by molar-refractivity contribution is 0.209. The summed E-state index contributed by atoms with van der Waals surface area (Å²) in [6.07, 6.45) is -1.04. The minimum absolute atomic E-state index is 0.0667. The molecule has 0 saturated heterocycles. The molecule has 0 aliphatic carbocycles. The Labute approximate surface area is 183 Å². The summed E-state index contributed by atoms with van der Waals surface area (Å²) in [7, 11) is 0. The van der Waals surface area contributed by atoms with Crippen LogP contribution in [0.3, 0.4) is 0 Å². The van der Waals surface area contributed by atoms with Gasteiger partial charge in [-0.05, 0) is 41.5 Å². The number of halogens is 2. The molecular weight excluding hydrogens is 432 g/mol. The van der Waals surface area contributed by atoms with Gasteiger partial charge >= 0.3 is 6.09 Å². The van der Waals surface area contributed by atoms with Gasteiger partial charge in [0.2, 0.25) is 5.95 Å². The van der Waals surface area contributed by atoms with Crippen LogP contribution >= 0.6 is 0 Å². The van der Waals surface area contributed by atoms with Gasteiger partial charge in [0.15, 0.2) is 5.82 Å². The molecule has 5 aromatic rings. The number of anilines is 1. The van der Waals surface area contributed by atoms with Gasteiger partial charge in [0.1, 0.15) is 11.3 Å². The molecule has 5 rings (SSSR count). The lowest BCUT2D eigenvalue weighted by Crippen LogP contribution is -2.11. The number of benzene rings is 3. The highest BCUT2D eigenvalue weighted by Gasteiger charge is 2.15. The zero-order valence-electron chi connectivity index (χ0n) is 16.8. The summed E-state index contributed by atoms with van der Waals surface area (Å²) in [5.74, 6) is -1.42. The number of hydrogen-bond acceptors (Lipinski definition) is 4. The van der Waals surface area contributed by atoms with Gasteiger partial charge in [-0.2, -0.15) is 5.10 Å². The van der Waals surface area contributed by atoms with Gasteiger partial charge < -0.3 is 10.1 Å². The average Bonchev–Trinajstić information content (AvgIpc) is 3.19. The zero-order valence-corrected chi connectivity index (χ0v) is 16.8.